The lowest BCUT2D eigenvalue weighted by Gasteiger charge is -2.12. The summed E-state index contributed by atoms with van der Waals surface area (Å²) in [6.07, 6.45) is 1.50. The summed E-state index contributed by atoms with van der Waals surface area (Å²) in [5.41, 5.74) is 2.82. The maximum Gasteiger partial charge on any atom is 0.288 e. The van der Waals surface area contributed by atoms with E-state index in [9.17, 15) is 4.79 Å². The number of nitrogens with one attached hydrogen (secondary N) is 1. The van der Waals surface area contributed by atoms with E-state index in [1.54, 1.807) is 6.07 Å². The Morgan fingerprint density at radius 3 is 2.88 bits per heavy atom. The highest BCUT2D eigenvalue weighted by atomic mass is 16.5. The number of para-hydroxylation sites is 1. The Hall–Kier alpha value is -3.21. The summed E-state index contributed by atoms with van der Waals surface area (Å²) >= 11 is 0. The molecule has 1 unspecified atom stereocenters. The summed E-state index contributed by atoms with van der Waals surface area (Å²) in [4.78, 5) is 12.7. The van der Waals surface area contributed by atoms with Crippen molar-refractivity contribution in [2.45, 2.75) is 19.6 Å². The van der Waals surface area contributed by atoms with Crippen molar-refractivity contribution in [2.24, 2.45) is 0 Å². The zero-order valence-corrected chi connectivity index (χ0v) is 14.4. The average molecular weight is 349 g/mol. The number of hydrogen-bond donors (Lipinski definition) is 1. The van der Waals surface area contributed by atoms with Gasteiger partial charge in [-0.05, 0) is 31.2 Å². The highest BCUT2D eigenvalue weighted by Crippen LogP contribution is 2.33. The topological polar surface area (TPSA) is 60.7 Å². The summed E-state index contributed by atoms with van der Waals surface area (Å²) in [6.45, 7) is 2.70. The standard InChI is InChI=1S/C21H19NO4/c1-14-7-8-19-17(11-14)18(13-26-19)22-21(23)20-15(9-10-24-20)12-25-16-5-3-2-4-6-16/h2-11,18H,12-13H2,1H3,(H,22,23). The van der Waals surface area contributed by atoms with E-state index < -0.39 is 0 Å². The molecule has 2 aromatic carbocycles. The van der Waals surface area contributed by atoms with E-state index in [4.69, 9.17) is 13.9 Å². The Morgan fingerprint density at radius 1 is 1.19 bits per heavy atom. The first-order valence-corrected chi connectivity index (χ1v) is 8.49. The minimum atomic E-state index is -0.274. The molecule has 26 heavy (non-hydrogen) atoms. The molecule has 1 amide bonds. The van der Waals surface area contributed by atoms with Gasteiger partial charge < -0.3 is 19.2 Å². The predicted molar refractivity (Wildman–Crippen MR) is 96.4 cm³/mol. The molecule has 0 fully saturated rings. The van der Waals surface area contributed by atoms with Crippen LogP contribution in [0.1, 0.15) is 33.3 Å². The van der Waals surface area contributed by atoms with Crippen LogP contribution < -0.4 is 14.8 Å². The Morgan fingerprint density at radius 2 is 2.04 bits per heavy atom. The second kappa shape index (κ2) is 6.96. The summed E-state index contributed by atoms with van der Waals surface area (Å²) in [6, 6.07) is 17.0. The molecule has 1 aliphatic heterocycles. The molecule has 0 spiro atoms. The van der Waals surface area contributed by atoms with Gasteiger partial charge in [-0.2, -0.15) is 0 Å². The van der Waals surface area contributed by atoms with Gasteiger partial charge in [0.15, 0.2) is 5.76 Å². The number of benzene rings is 2. The van der Waals surface area contributed by atoms with Gasteiger partial charge in [0.1, 0.15) is 24.7 Å². The highest BCUT2D eigenvalue weighted by Gasteiger charge is 2.27. The monoisotopic (exact) mass is 349 g/mol. The van der Waals surface area contributed by atoms with E-state index >= 15 is 0 Å². The molecule has 5 heteroatoms. The van der Waals surface area contributed by atoms with Crippen molar-refractivity contribution in [1.29, 1.82) is 0 Å². The number of furan rings is 1. The maximum absolute atomic E-state index is 12.7. The summed E-state index contributed by atoms with van der Waals surface area (Å²) in [7, 11) is 0. The van der Waals surface area contributed by atoms with Crippen LogP contribution in [-0.4, -0.2) is 12.5 Å². The number of hydrogen-bond acceptors (Lipinski definition) is 4. The summed E-state index contributed by atoms with van der Waals surface area (Å²) < 4.78 is 16.8. The minimum absolute atomic E-state index is 0.189. The van der Waals surface area contributed by atoms with Crippen LogP contribution in [0.15, 0.2) is 65.3 Å². The van der Waals surface area contributed by atoms with Crippen LogP contribution in [0, 0.1) is 6.92 Å². The van der Waals surface area contributed by atoms with Crippen LogP contribution in [0.25, 0.3) is 0 Å². The number of amides is 1. The van der Waals surface area contributed by atoms with Crippen molar-refractivity contribution >= 4 is 5.91 Å². The number of carbonyl (C=O) groups excluding carboxylic acids is 1. The zero-order chi connectivity index (χ0) is 17.9. The number of fused-ring (bicyclic) bond motifs is 1. The second-order valence-electron chi connectivity index (χ2n) is 6.26. The van der Waals surface area contributed by atoms with E-state index in [0.29, 0.717) is 12.2 Å². The molecule has 5 nitrogen and oxygen atoms in total. The fraction of sp³-hybridized carbons (Fsp3) is 0.190. The van der Waals surface area contributed by atoms with Crippen LogP contribution >= 0.6 is 0 Å². The molecule has 1 N–H and O–H groups in total. The molecule has 0 aliphatic carbocycles. The van der Waals surface area contributed by atoms with Crippen molar-refractivity contribution in [2.75, 3.05) is 6.61 Å². The van der Waals surface area contributed by atoms with Crippen molar-refractivity contribution in [3.63, 3.8) is 0 Å². The van der Waals surface area contributed by atoms with Gasteiger partial charge in [0.05, 0.1) is 12.3 Å². The molecule has 132 valence electrons. The van der Waals surface area contributed by atoms with Crippen molar-refractivity contribution in [1.82, 2.24) is 5.32 Å². The quantitative estimate of drug-likeness (QED) is 0.755. The smallest absolute Gasteiger partial charge is 0.288 e. The lowest BCUT2D eigenvalue weighted by atomic mass is 10.1. The summed E-state index contributed by atoms with van der Waals surface area (Å²) in [5, 5.41) is 2.99. The second-order valence-corrected chi connectivity index (χ2v) is 6.26. The fourth-order valence-corrected chi connectivity index (χ4v) is 3.00. The minimum Gasteiger partial charge on any atom is -0.491 e. The fourth-order valence-electron chi connectivity index (χ4n) is 3.00. The highest BCUT2D eigenvalue weighted by molar-refractivity contribution is 5.93. The van der Waals surface area contributed by atoms with Gasteiger partial charge in [-0.25, -0.2) is 0 Å². The molecule has 3 aromatic rings. The Bertz CT molecular complexity index is 917. The first kappa shape index (κ1) is 16.3. The SMILES string of the molecule is Cc1ccc2c(c1)C(NC(=O)c1occc1COc1ccccc1)CO2. The zero-order valence-electron chi connectivity index (χ0n) is 14.4. The van der Waals surface area contributed by atoms with E-state index in [0.717, 1.165) is 22.6 Å². The van der Waals surface area contributed by atoms with E-state index in [1.807, 2.05) is 55.5 Å². The molecule has 1 aromatic heterocycles. The molecule has 0 bridgehead atoms. The van der Waals surface area contributed by atoms with Crippen LogP contribution in [0.5, 0.6) is 11.5 Å². The third-order valence-corrected chi connectivity index (χ3v) is 4.34. The van der Waals surface area contributed by atoms with Gasteiger partial charge in [0, 0.05) is 11.1 Å². The third kappa shape index (κ3) is 3.28. The first-order valence-electron chi connectivity index (χ1n) is 8.49. The number of rotatable bonds is 5. The molecular weight excluding hydrogens is 330 g/mol. The van der Waals surface area contributed by atoms with Crippen LogP contribution in [-0.2, 0) is 6.61 Å². The number of carbonyl (C=O) groups is 1. The molecule has 4 rings (SSSR count). The molecule has 0 radical (unpaired) electrons. The van der Waals surface area contributed by atoms with E-state index in [-0.39, 0.29) is 24.3 Å². The maximum atomic E-state index is 12.7. The van der Waals surface area contributed by atoms with Gasteiger partial charge in [0.2, 0.25) is 0 Å². The van der Waals surface area contributed by atoms with E-state index in [2.05, 4.69) is 5.32 Å². The molecule has 2 heterocycles. The lowest BCUT2D eigenvalue weighted by molar-refractivity contribution is 0.0898. The lowest BCUT2D eigenvalue weighted by Crippen LogP contribution is -2.29. The largest absolute Gasteiger partial charge is 0.491 e. The van der Waals surface area contributed by atoms with Crippen LogP contribution in [0.2, 0.25) is 0 Å². The van der Waals surface area contributed by atoms with Gasteiger partial charge >= 0.3 is 0 Å². The molecule has 1 atom stereocenters. The molecular formula is C21H19NO4. The summed E-state index contributed by atoms with van der Waals surface area (Å²) in [5.74, 6) is 1.55. The Balaban J connectivity index is 1.45. The van der Waals surface area contributed by atoms with E-state index in [1.165, 1.54) is 6.26 Å². The van der Waals surface area contributed by atoms with Crippen molar-refractivity contribution in [3.05, 3.63) is 83.3 Å². The number of aryl methyl sites for hydroxylation is 1. The normalized spacial score (nSPS) is 15.2. The number of ether oxygens (including phenoxy) is 2. The molecule has 1 aliphatic rings. The van der Waals surface area contributed by atoms with Crippen LogP contribution in [0.4, 0.5) is 0 Å². The average Bonchev–Trinajstić information content (AvgIpc) is 3.28. The van der Waals surface area contributed by atoms with Gasteiger partial charge in [-0.15, -0.1) is 0 Å². The van der Waals surface area contributed by atoms with Crippen molar-refractivity contribution < 1.29 is 18.7 Å². The Labute approximate surface area is 151 Å². The van der Waals surface area contributed by atoms with Crippen LogP contribution in [0.3, 0.4) is 0 Å². The Kier molecular flexibility index (Phi) is 4.35. The predicted octanol–water partition coefficient (Wildman–Crippen LogP) is 4.03. The van der Waals surface area contributed by atoms with Gasteiger partial charge in [-0.3, -0.25) is 4.79 Å². The van der Waals surface area contributed by atoms with Crippen molar-refractivity contribution in [3.8, 4) is 11.5 Å². The first-order chi connectivity index (χ1) is 12.7. The molecule has 0 saturated heterocycles. The molecule has 0 saturated carbocycles. The van der Waals surface area contributed by atoms with Gasteiger partial charge in [0.25, 0.3) is 5.91 Å². The third-order valence-electron chi connectivity index (χ3n) is 4.34. The van der Waals surface area contributed by atoms with Gasteiger partial charge in [-0.1, -0.05) is 35.9 Å².